The SMILES string of the molecule is Fc1ccccc1[C@@H]1C[C@H](F)c2nc(C(F)(F)C3CC3)nn21. The normalized spacial score (nSPS) is 24.5. The van der Waals surface area contributed by atoms with Crippen molar-refractivity contribution >= 4 is 0 Å². The molecule has 0 amide bonds. The summed E-state index contributed by atoms with van der Waals surface area (Å²) in [7, 11) is 0. The van der Waals surface area contributed by atoms with E-state index in [9.17, 15) is 17.6 Å². The highest BCUT2D eigenvalue weighted by Crippen LogP contribution is 2.50. The minimum Gasteiger partial charge on any atom is -0.239 e. The average Bonchev–Trinajstić information content (AvgIpc) is 3.17. The Bertz CT molecular complexity index is 723. The number of alkyl halides is 3. The molecule has 116 valence electrons. The average molecular weight is 311 g/mol. The summed E-state index contributed by atoms with van der Waals surface area (Å²) in [5.41, 5.74) is 0.245. The molecule has 2 heterocycles. The number of halogens is 4. The fourth-order valence-corrected chi connectivity index (χ4v) is 2.95. The van der Waals surface area contributed by atoms with Crippen molar-refractivity contribution in [2.75, 3.05) is 0 Å². The van der Waals surface area contributed by atoms with Crippen LogP contribution >= 0.6 is 0 Å². The third kappa shape index (κ3) is 1.94. The van der Waals surface area contributed by atoms with Gasteiger partial charge < -0.3 is 0 Å². The van der Waals surface area contributed by atoms with Crippen molar-refractivity contribution in [3.8, 4) is 0 Å². The van der Waals surface area contributed by atoms with E-state index in [0.717, 1.165) is 4.68 Å². The summed E-state index contributed by atoms with van der Waals surface area (Å²) in [5.74, 6) is -5.19. The highest BCUT2D eigenvalue weighted by atomic mass is 19.3. The number of fused-ring (bicyclic) bond motifs is 1. The molecule has 2 atom stereocenters. The van der Waals surface area contributed by atoms with Gasteiger partial charge in [0, 0.05) is 17.9 Å². The highest BCUT2D eigenvalue weighted by molar-refractivity contribution is 5.25. The van der Waals surface area contributed by atoms with E-state index in [1.54, 1.807) is 6.07 Å². The highest BCUT2D eigenvalue weighted by Gasteiger charge is 2.52. The van der Waals surface area contributed by atoms with E-state index < -0.39 is 35.7 Å². The van der Waals surface area contributed by atoms with Gasteiger partial charge in [0.25, 0.3) is 0 Å². The fourth-order valence-electron chi connectivity index (χ4n) is 2.95. The molecule has 0 saturated heterocycles. The van der Waals surface area contributed by atoms with Crippen molar-refractivity contribution in [3.63, 3.8) is 0 Å². The number of hydrogen-bond donors (Lipinski definition) is 0. The standard InChI is InChI=1S/C15H13F4N3/c16-10-4-2-1-3-9(10)12-7-11(17)13-20-14(21-22(12)13)15(18,19)8-5-6-8/h1-4,8,11-12H,5-7H2/t11-,12-/m0/s1. The monoisotopic (exact) mass is 311 g/mol. The zero-order chi connectivity index (χ0) is 15.5. The van der Waals surface area contributed by atoms with Crippen molar-refractivity contribution in [3.05, 3.63) is 47.3 Å². The zero-order valence-corrected chi connectivity index (χ0v) is 11.5. The van der Waals surface area contributed by atoms with Gasteiger partial charge in [-0.1, -0.05) is 18.2 Å². The van der Waals surface area contributed by atoms with E-state index in [0.29, 0.717) is 12.8 Å². The molecule has 1 saturated carbocycles. The van der Waals surface area contributed by atoms with Crippen LogP contribution in [0.25, 0.3) is 0 Å². The first-order valence-corrected chi connectivity index (χ1v) is 7.21. The molecule has 7 heteroatoms. The van der Waals surface area contributed by atoms with Crippen molar-refractivity contribution in [1.29, 1.82) is 0 Å². The molecule has 4 rings (SSSR count). The summed E-state index contributed by atoms with van der Waals surface area (Å²) < 4.78 is 57.3. The zero-order valence-electron chi connectivity index (χ0n) is 11.5. The molecular formula is C15H13F4N3. The summed E-state index contributed by atoms with van der Waals surface area (Å²) in [5, 5.41) is 3.82. The predicted molar refractivity (Wildman–Crippen MR) is 69.6 cm³/mol. The van der Waals surface area contributed by atoms with Gasteiger partial charge >= 0.3 is 5.92 Å². The molecule has 0 unspecified atom stereocenters. The van der Waals surface area contributed by atoms with Gasteiger partial charge in [0.1, 0.15) is 5.82 Å². The smallest absolute Gasteiger partial charge is 0.239 e. The molecule has 0 spiro atoms. The van der Waals surface area contributed by atoms with Gasteiger partial charge in [-0.25, -0.2) is 18.4 Å². The summed E-state index contributed by atoms with van der Waals surface area (Å²) in [4.78, 5) is 3.71. The minimum absolute atomic E-state index is 0.0362. The van der Waals surface area contributed by atoms with Crippen LogP contribution < -0.4 is 0 Å². The lowest BCUT2D eigenvalue weighted by Crippen LogP contribution is -2.19. The lowest BCUT2D eigenvalue weighted by molar-refractivity contribution is -0.0378. The molecule has 1 aromatic heterocycles. The van der Waals surface area contributed by atoms with Gasteiger partial charge in [-0.05, 0) is 18.9 Å². The van der Waals surface area contributed by atoms with Crippen LogP contribution in [0.15, 0.2) is 24.3 Å². The molecule has 1 aliphatic heterocycles. The van der Waals surface area contributed by atoms with Crippen LogP contribution in [0.2, 0.25) is 0 Å². The Kier molecular flexibility index (Phi) is 2.83. The molecule has 0 radical (unpaired) electrons. The van der Waals surface area contributed by atoms with Gasteiger partial charge in [-0.2, -0.15) is 8.78 Å². The molecule has 2 aliphatic rings. The van der Waals surface area contributed by atoms with Crippen LogP contribution in [0.5, 0.6) is 0 Å². The van der Waals surface area contributed by atoms with Crippen LogP contribution in [0.4, 0.5) is 17.6 Å². The molecule has 22 heavy (non-hydrogen) atoms. The Morgan fingerprint density at radius 2 is 1.91 bits per heavy atom. The first-order chi connectivity index (χ1) is 10.5. The molecule has 3 nitrogen and oxygen atoms in total. The largest absolute Gasteiger partial charge is 0.311 e. The Hall–Kier alpha value is -1.92. The lowest BCUT2D eigenvalue weighted by Gasteiger charge is -2.14. The van der Waals surface area contributed by atoms with Crippen LogP contribution in [-0.4, -0.2) is 14.8 Å². The van der Waals surface area contributed by atoms with Crippen LogP contribution in [0, 0.1) is 11.7 Å². The third-order valence-electron chi connectivity index (χ3n) is 4.32. The quantitative estimate of drug-likeness (QED) is 0.804. The molecule has 1 aliphatic carbocycles. The van der Waals surface area contributed by atoms with Gasteiger partial charge in [0.2, 0.25) is 5.82 Å². The molecule has 0 bridgehead atoms. The number of rotatable bonds is 3. The Morgan fingerprint density at radius 1 is 1.18 bits per heavy atom. The van der Waals surface area contributed by atoms with Gasteiger partial charge in [0.15, 0.2) is 12.0 Å². The molecule has 1 fully saturated rings. The topological polar surface area (TPSA) is 30.7 Å². The van der Waals surface area contributed by atoms with Crippen molar-refractivity contribution in [2.45, 2.75) is 37.4 Å². The van der Waals surface area contributed by atoms with Crippen LogP contribution in [0.1, 0.15) is 48.7 Å². The molecule has 2 aromatic rings. The Balaban J connectivity index is 1.76. The lowest BCUT2D eigenvalue weighted by atomic mass is 10.0. The summed E-state index contributed by atoms with van der Waals surface area (Å²) >= 11 is 0. The van der Waals surface area contributed by atoms with E-state index in [2.05, 4.69) is 10.1 Å². The van der Waals surface area contributed by atoms with E-state index >= 15 is 0 Å². The van der Waals surface area contributed by atoms with E-state index in [1.807, 2.05) is 0 Å². The first-order valence-electron chi connectivity index (χ1n) is 7.21. The van der Waals surface area contributed by atoms with Crippen molar-refractivity contribution in [2.24, 2.45) is 5.92 Å². The third-order valence-corrected chi connectivity index (χ3v) is 4.32. The van der Waals surface area contributed by atoms with E-state index in [1.165, 1.54) is 18.2 Å². The first kappa shape index (κ1) is 13.7. The number of hydrogen-bond acceptors (Lipinski definition) is 2. The minimum atomic E-state index is -3.14. The molecule has 1 aromatic carbocycles. The second-order valence-corrected chi connectivity index (χ2v) is 5.88. The van der Waals surface area contributed by atoms with Gasteiger partial charge in [-0.3, -0.25) is 0 Å². The maximum absolute atomic E-state index is 14.1. The number of nitrogens with zero attached hydrogens (tertiary/aromatic N) is 3. The van der Waals surface area contributed by atoms with E-state index in [-0.39, 0.29) is 17.8 Å². The summed E-state index contributed by atoms with van der Waals surface area (Å²) in [6, 6.07) is 5.19. The predicted octanol–water partition coefficient (Wildman–Crippen LogP) is 3.92. The second kappa shape index (κ2) is 4.54. The number of benzene rings is 1. The van der Waals surface area contributed by atoms with Crippen LogP contribution in [-0.2, 0) is 5.92 Å². The summed E-state index contributed by atoms with van der Waals surface area (Å²) in [6.45, 7) is 0. The van der Waals surface area contributed by atoms with Crippen molar-refractivity contribution < 1.29 is 17.6 Å². The van der Waals surface area contributed by atoms with Crippen molar-refractivity contribution in [1.82, 2.24) is 14.8 Å². The molecular weight excluding hydrogens is 298 g/mol. The maximum atomic E-state index is 14.1. The fraction of sp³-hybridized carbons (Fsp3) is 0.467. The molecule has 0 N–H and O–H groups in total. The summed E-state index contributed by atoms with van der Waals surface area (Å²) in [6.07, 6.45) is -0.703. The Labute approximate surface area is 124 Å². The second-order valence-electron chi connectivity index (χ2n) is 5.88. The number of aromatic nitrogens is 3. The van der Waals surface area contributed by atoms with E-state index in [4.69, 9.17) is 0 Å². The van der Waals surface area contributed by atoms with Gasteiger partial charge in [0.05, 0.1) is 6.04 Å². The maximum Gasteiger partial charge on any atom is 0.311 e. The van der Waals surface area contributed by atoms with Gasteiger partial charge in [-0.15, -0.1) is 5.10 Å². The Morgan fingerprint density at radius 3 is 2.59 bits per heavy atom. The van der Waals surface area contributed by atoms with Crippen LogP contribution in [0.3, 0.4) is 0 Å².